The first-order valence-electron chi connectivity index (χ1n) is 5.16. The molecule has 0 aliphatic carbocycles. The highest BCUT2D eigenvalue weighted by Gasteiger charge is 2.10. The number of nitrogens with two attached hydrogens (primary N) is 1. The molecule has 0 saturated heterocycles. The van der Waals surface area contributed by atoms with Crippen LogP contribution in [-0.2, 0) is 0 Å². The zero-order chi connectivity index (χ0) is 13.1. The van der Waals surface area contributed by atoms with Crippen molar-refractivity contribution in [3.8, 4) is 5.75 Å². The first kappa shape index (κ1) is 12.7. The van der Waals surface area contributed by atoms with Gasteiger partial charge in [-0.3, -0.25) is 0 Å². The fourth-order valence-corrected chi connectivity index (χ4v) is 2.36. The molecular formula is C13H11F2NOS. The van der Waals surface area contributed by atoms with Crippen LogP contribution in [0.15, 0.2) is 46.2 Å². The number of methoxy groups -OCH3 is 1. The third kappa shape index (κ3) is 2.73. The van der Waals surface area contributed by atoms with Crippen molar-refractivity contribution in [1.29, 1.82) is 0 Å². The Kier molecular flexibility index (Phi) is 3.72. The number of hydrogen-bond acceptors (Lipinski definition) is 3. The van der Waals surface area contributed by atoms with Gasteiger partial charge in [-0.05, 0) is 24.3 Å². The second-order valence-electron chi connectivity index (χ2n) is 3.58. The monoisotopic (exact) mass is 267 g/mol. The Morgan fingerprint density at radius 1 is 1.17 bits per heavy atom. The van der Waals surface area contributed by atoms with Gasteiger partial charge in [0.1, 0.15) is 17.4 Å². The smallest absolute Gasteiger partial charge is 0.143 e. The SMILES string of the molecule is COc1cc(Sc2cccc(F)c2)c(F)cc1N. The second-order valence-corrected chi connectivity index (χ2v) is 4.70. The van der Waals surface area contributed by atoms with Crippen LogP contribution >= 0.6 is 11.8 Å². The number of benzene rings is 2. The van der Waals surface area contributed by atoms with Crippen molar-refractivity contribution < 1.29 is 13.5 Å². The van der Waals surface area contributed by atoms with Crippen molar-refractivity contribution in [3.63, 3.8) is 0 Å². The van der Waals surface area contributed by atoms with Gasteiger partial charge < -0.3 is 10.5 Å². The molecule has 94 valence electrons. The van der Waals surface area contributed by atoms with Crippen LogP contribution in [0.1, 0.15) is 0 Å². The van der Waals surface area contributed by atoms with E-state index >= 15 is 0 Å². The summed E-state index contributed by atoms with van der Waals surface area (Å²) < 4.78 is 31.8. The predicted molar refractivity (Wildman–Crippen MR) is 67.9 cm³/mol. The number of ether oxygens (including phenoxy) is 1. The summed E-state index contributed by atoms with van der Waals surface area (Å²) in [5, 5.41) is 0. The zero-order valence-electron chi connectivity index (χ0n) is 9.61. The lowest BCUT2D eigenvalue weighted by Crippen LogP contribution is -1.94. The summed E-state index contributed by atoms with van der Waals surface area (Å²) >= 11 is 1.12. The lowest BCUT2D eigenvalue weighted by Gasteiger charge is -2.08. The Labute approximate surface area is 108 Å². The molecule has 2 nitrogen and oxygen atoms in total. The average molecular weight is 267 g/mol. The zero-order valence-corrected chi connectivity index (χ0v) is 10.4. The highest BCUT2D eigenvalue weighted by molar-refractivity contribution is 7.99. The first-order chi connectivity index (χ1) is 8.60. The summed E-state index contributed by atoms with van der Waals surface area (Å²) in [6.07, 6.45) is 0. The maximum atomic E-state index is 13.7. The molecule has 18 heavy (non-hydrogen) atoms. The van der Waals surface area contributed by atoms with Gasteiger partial charge in [0.15, 0.2) is 0 Å². The van der Waals surface area contributed by atoms with Crippen molar-refractivity contribution in [2.45, 2.75) is 9.79 Å². The lowest BCUT2D eigenvalue weighted by atomic mass is 10.3. The van der Waals surface area contributed by atoms with E-state index in [-0.39, 0.29) is 11.5 Å². The summed E-state index contributed by atoms with van der Waals surface area (Å²) in [5.41, 5.74) is 5.82. The minimum Gasteiger partial charge on any atom is -0.495 e. The maximum Gasteiger partial charge on any atom is 0.143 e. The summed E-state index contributed by atoms with van der Waals surface area (Å²) in [6.45, 7) is 0. The molecule has 0 aromatic heterocycles. The highest BCUT2D eigenvalue weighted by atomic mass is 32.2. The molecule has 0 unspecified atom stereocenters. The Balaban J connectivity index is 2.34. The van der Waals surface area contributed by atoms with E-state index in [1.807, 2.05) is 0 Å². The minimum atomic E-state index is -0.456. The van der Waals surface area contributed by atoms with Crippen LogP contribution in [0.2, 0.25) is 0 Å². The molecule has 0 amide bonds. The lowest BCUT2D eigenvalue weighted by molar-refractivity contribution is 0.414. The van der Waals surface area contributed by atoms with Gasteiger partial charge in [-0.2, -0.15) is 0 Å². The fraction of sp³-hybridized carbons (Fsp3) is 0.0769. The van der Waals surface area contributed by atoms with Crippen molar-refractivity contribution >= 4 is 17.4 Å². The molecule has 0 atom stereocenters. The molecule has 2 rings (SSSR count). The van der Waals surface area contributed by atoms with E-state index in [9.17, 15) is 8.78 Å². The van der Waals surface area contributed by atoms with Crippen LogP contribution in [0.3, 0.4) is 0 Å². The molecule has 0 bridgehead atoms. The topological polar surface area (TPSA) is 35.2 Å². The fourth-order valence-electron chi connectivity index (χ4n) is 1.46. The van der Waals surface area contributed by atoms with E-state index < -0.39 is 5.82 Å². The van der Waals surface area contributed by atoms with Gasteiger partial charge in [-0.15, -0.1) is 0 Å². The van der Waals surface area contributed by atoms with Crippen molar-refractivity contribution in [1.82, 2.24) is 0 Å². The molecule has 0 heterocycles. The summed E-state index contributed by atoms with van der Waals surface area (Å²) in [4.78, 5) is 0.951. The quantitative estimate of drug-likeness (QED) is 0.861. The molecule has 2 aromatic rings. The molecule has 2 aromatic carbocycles. The van der Waals surface area contributed by atoms with E-state index in [1.165, 1.54) is 31.4 Å². The molecule has 0 fully saturated rings. The van der Waals surface area contributed by atoms with Crippen molar-refractivity contribution in [2.75, 3.05) is 12.8 Å². The predicted octanol–water partition coefficient (Wildman–Crippen LogP) is 3.71. The Hall–Kier alpha value is -1.75. The van der Waals surface area contributed by atoms with Gasteiger partial charge in [0.25, 0.3) is 0 Å². The minimum absolute atomic E-state index is 0.235. The van der Waals surface area contributed by atoms with E-state index in [0.29, 0.717) is 15.5 Å². The summed E-state index contributed by atoms with van der Waals surface area (Å²) in [5.74, 6) is -0.416. The average Bonchev–Trinajstić information content (AvgIpc) is 2.33. The van der Waals surface area contributed by atoms with Crippen LogP contribution in [0.25, 0.3) is 0 Å². The normalized spacial score (nSPS) is 10.4. The number of anilines is 1. The third-order valence-electron chi connectivity index (χ3n) is 2.31. The van der Waals surface area contributed by atoms with Gasteiger partial charge >= 0.3 is 0 Å². The van der Waals surface area contributed by atoms with Gasteiger partial charge in [-0.1, -0.05) is 17.8 Å². The van der Waals surface area contributed by atoms with Crippen molar-refractivity contribution in [2.24, 2.45) is 0 Å². The largest absolute Gasteiger partial charge is 0.495 e. The number of rotatable bonds is 3. The van der Waals surface area contributed by atoms with E-state index in [0.717, 1.165) is 11.8 Å². The highest BCUT2D eigenvalue weighted by Crippen LogP contribution is 2.35. The maximum absolute atomic E-state index is 13.7. The van der Waals surface area contributed by atoms with Gasteiger partial charge in [0, 0.05) is 11.0 Å². The van der Waals surface area contributed by atoms with Gasteiger partial charge in [0.2, 0.25) is 0 Å². The van der Waals surface area contributed by atoms with E-state index in [4.69, 9.17) is 10.5 Å². The molecule has 0 aliphatic rings. The molecule has 0 aliphatic heterocycles. The molecule has 0 spiro atoms. The third-order valence-corrected chi connectivity index (χ3v) is 3.33. The Bertz CT molecular complexity index is 575. The van der Waals surface area contributed by atoms with Gasteiger partial charge in [-0.25, -0.2) is 8.78 Å². The first-order valence-corrected chi connectivity index (χ1v) is 5.98. The molecule has 0 radical (unpaired) electrons. The van der Waals surface area contributed by atoms with Crippen LogP contribution in [0.4, 0.5) is 14.5 Å². The molecule has 2 N–H and O–H groups in total. The Morgan fingerprint density at radius 3 is 2.61 bits per heavy atom. The van der Waals surface area contributed by atoms with Crippen LogP contribution < -0.4 is 10.5 Å². The molecule has 0 saturated carbocycles. The number of hydrogen-bond donors (Lipinski definition) is 1. The van der Waals surface area contributed by atoms with E-state index in [1.54, 1.807) is 12.1 Å². The second kappa shape index (κ2) is 5.27. The summed E-state index contributed by atoms with van der Waals surface area (Å²) in [7, 11) is 1.46. The number of halogens is 2. The van der Waals surface area contributed by atoms with Crippen LogP contribution in [0.5, 0.6) is 5.75 Å². The van der Waals surface area contributed by atoms with Crippen LogP contribution in [-0.4, -0.2) is 7.11 Å². The standard InChI is InChI=1S/C13H11F2NOS/c1-17-12-7-13(10(15)6-11(12)16)18-9-4-2-3-8(14)5-9/h2-7H,16H2,1H3. The molecule has 5 heteroatoms. The van der Waals surface area contributed by atoms with Crippen molar-refractivity contribution in [3.05, 3.63) is 48.0 Å². The summed E-state index contributed by atoms with van der Waals surface area (Å²) in [6, 6.07) is 8.65. The van der Waals surface area contributed by atoms with Crippen LogP contribution in [0, 0.1) is 11.6 Å². The molecular weight excluding hydrogens is 256 g/mol. The van der Waals surface area contributed by atoms with Gasteiger partial charge in [0.05, 0.1) is 17.7 Å². The number of nitrogen functional groups attached to an aromatic ring is 1. The Morgan fingerprint density at radius 2 is 1.94 bits per heavy atom. The van der Waals surface area contributed by atoms with E-state index in [2.05, 4.69) is 0 Å².